The number of benzene rings is 3. The van der Waals surface area contributed by atoms with Crippen molar-refractivity contribution < 1.29 is 24.5 Å². The van der Waals surface area contributed by atoms with E-state index in [9.17, 15) is 19.8 Å². The van der Waals surface area contributed by atoms with Gasteiger partial charge < -0.3 is 19.8 Å². The third-order valence-electron chi connectivity index (χ3n) is 7.97. The van der Waals surface area contributed by atoms with E-state index in [0.717, 1.165) is 28.9 Å². The van der Waals surface area contributed by atoms with E-state index in [0.29, 0.717) is 18.7 Å². The first-order valence-corrected chi connectivity index (χ1v) is 13.0. The number of fused-ring (bicyclic) bond motifs is 2. The minimum Gasteiger partial charge on any atom is -0.396 e. The fraction of sp³-hybridized carbons (Fsp3) is 0.355. The third-order valence-corrected chi connectivity index (χ3v) is 7.97. The van der Waals surface area contributed by atoms with Gasteiger partial charge in [-0.15, -0.1) is 0 Å². The van der Waals surface area contributed by atoms with E-state index in [2.05, 4.69) is 0 Å². The number of para-hydroxylation sites is 2. The van der Waals surface area contributed by atoms with Crippen molar-refractivity contribution in [2.24, 2.45) is 11.8 Å². The number of amides is 2. The van der Waals surface area contributed by atoms with Gasteiger partial charge in [0.2, 0.25) is 6.41 Å². The highest BCUT2D eigenvalue weighted by Gasteiger charge is 2.65. The van der Waals surface area contributed by atoms with Gasteiger partial charge in [-0.3, -0.25) is 14.5 Å². The monoisotopic (exact) mass is 514 g/mol. The van der Waals surface area contributed by atoms with Crippen LogP contribution in [0.4, 0.5) is 17.1 Å². The fourth-order valence-corrected chi connectivity index (χ4v) is 6.43. The molecule has 7 nitrogen and oxygen atoms in total. The molecular weight excluding hydrogens is 480 g/mol. The van der Waals surface area contributed by atoms with Gasteiger partial charge in [0, 0.05) is 35.4 Å². The first kappa shape index (κ1) is 26.1. The molecule has 0 aromatic heterocycles. The van der Waals surface area contributed by atoms with Crippen molar-refractivity contribution in [3.8, 4) is 0 Å². The van der Waals surface area contributed by atoms with Gasteiger partial charge in [-0.2, -0.15) is 0 Å². The second-order valence-electron chi connectivity index (χ2n) is 10.8. The molecule has 7 heteroatoms. The minimum atomic E-state index is -1.25. The number of carbonyl (C=O) groups is 2. The Labute approximate surface area is 223 Å². The predicted molar refractivity (Wildman–Crippen MR) is 146 cm³/mol. The number of rotatable bonds is 8. The van der Waals surface area contributed by atoms with Gasteiger partial charge in [-0.25, -0.2) is 0 Å². The van der Waals surface area contributed by atoms with Crippen LogP contribution >= 0.6 is 0 Å². The van der Waals surface area contributed by atoms with Crippen LogP contribution in [0.2, 0.25) is 0 Å². The first-order chi connectivity index (χ1) is 18.2. The maximum Gasteiger partial charge on any atom is 0.264 e. The van der Waals surface area contributed by atoms with Crippen LogP contribution in [0.3, 0.4) is 0 Å². The summed E-state index contributed by atoms with van der Waals surface area (Å²) < 4.78 is 6.58. The van der Waals surface area contributed by atoms with E-state index >= 15 is 0 Å². The summed E-state index contributed by atoms with van der Waals surface area (Å²) in [6, 6.07) is 24.6. The van der Waals surface area contributed by atoms with Crippen molar-refractivity contribution in [1.29, 1.82) is 0 Å². The summed E-state index contributed by atoms with van der Waals surface area (Å²) >= 11 is 0. The van der Waals surface area contributed by atoms with Crippen molar-refractivity contribution in [2.45, 2.75) is 51.0 Å². The number of anilines is 3. The van der Waals surface area contributed by atoms with E-state index in [1.54, 1.807) is 23.6 Å². The molecule has 2 aliphatic rings. The molecule has 0 aliphatic carbocycles. The number of ether oxygens (including phenoxy) is 1. The zero-order valence-electron chi connectivity index (χ0n) is 21.9. The quantitative estimate of drug-likeness (QED) is 0.431. The Hall–Kier alpha value is -3.52. The molecule has 1 spiro atoms. The molecule has 38 heavy (non-hydrogen) atoms. The molecule has 2 aliphatic heterocycles. The molecule has 2 N–H and O–H groups in total. The van der Waals surface area contributed by atoms with E-state index in [1.165, 1.54) is 0 Å². The summed E-state index contributed by atoms with van der Waals surface area (Å²) in [5.41, 5.74) is 1.51. The largest absolute Gasteiger partial charge is 0.396 e. The van der Waals surface area contributed by atoms with Crippen LogP contribution in [0.15, 0.2) is 78.9 Å². The van der Waals surface area contributed by atoms with Crippen molar-refractivity contribution in [3.05, 3.63) is 90.0 Å². The molecule has 3 aromatic rings. The Morgan fingerprint density at radius 2 is 1.71 bits per heavy atom. The van der Waals surface area contributed by atoms with Crippen LogP contribution in [-0.4, -0.2) is 40.8 Å². The number of hydrogen-bond acceptors (Lipinski definition) is 5. The average molecular weight is 515 g/mol. The lowest BCUT2D eigenvalue weighted by Crippen LogP contribution is -2.46. The van der Waals surface area contributed by atoms with E-state index < -0.39 is 17.3 Å². The van der Waals surface area contributed by atoms with Crippen molar-refractivity contribution in [1.82, 2.24) is 0 Å². The molecular formula is C31H34N2O5. The molecule has 1 fully saturated rings. The summed E-state index contributed by atoms with van der Waals surface area (Å²) in [4.78, 5) is 29.6. The summed E-state index contributed by atoms with van der Waals surface area (Å²) in [5, 5.41) is 20.8. The normalized spacial score (nSPS) is 24.6. The number of hydrogen-bond donors (Lipinski definition) is 2. The lowest BCUT2D eigenvalue weighted by molar-refractivity contribution is -0.146. The zero-order chi connectivity index (χ0) is 27.1. The predicted octanol–water partition coefficient (Wildman–Crippen LogP) is 4.53. The maximum atomic E-state index is 14.3. The van der Waals surface area contributed by atoms with Crippen molar-refractivity contribution >= 4 is 29.4 Å². The van der Waals surface area contributed by atoms with Gasteiger partial charge in [0.1, 0.15) is 0 Å². The minimum absolute atomic E-state index is 0.0962. The molecule has 1 saturated heterocycles. The number of aliphatic hydroxyl groups is 2. The van der Waals surface area contributed by atoms with Crippen LogP contribution in [0.25, 0.3) is 0 Å². The molecule has 0 unspecified atom stereocenters. The Balaban J connectivity index is 1.52. The lowest BCUT2D eigenvalue weighted by Gasteiger charge is -2.34. The molecule has 198 valence electrons. The van der Waals surface area contributed by atoms with Gasteiger partial charge in [-0.1, -0.05) is 55.5 Å². The number of aliphatic hydroxyl groups excluding tert-OH is 1. The lowest BCUT2D eigenvalue weighted by atomic mass is 9.71. The van der Waals surface area contributed by atoms with Crippen LogP contribution in [0, 0.1) is 11.8 Å². The van der Waals surface area contributed by atoms with Crippen LogP contribution in [0.1, 0.15) is 38.3 Å². The standard InChI is InChI=1S/C31H34N2O5/c1-21-28(30(2,3)37)27(16-17-34)38-31(21)25-14-7-8-15-26(25)32(29(31)36)19-22-10-9-13-24(18-22)33(20-35)23-11-5-4-6-12-23/h4-15,18,20-21,27-28,34,37H,16-17,19H2,1-3H3/t21-,27+,28-,31+/m0/s1. The molecule has 0 saturated carbocycles. The van der Waals surface area contributed by atoms with E-state index in [4.69, 9.17) is 4.74 Å². The Morgan fingerprint density at radius 1 is 1.03 bits per heavy atom. The summed E-state index contributed by atoms with van der Waals surface area (Å²) in [6.07, 6.45) is 0.646. The maximum absolute atomic E-state index is 14.3. The Bertz CT molecular complexity index is 1320. The van der Waals surface area contributed by atoms with Crippen molar-refractivity contribution in [2.75, 3.05) is 16.4 Å². The summed E-state index contributed by atoms with van der Waals surface area (Å²) in [6.45, 7) is 5.63. The van der Waals surface area contributed by atoms with Crippen LogP contribution < -0.4 is 9.80 Å². The van der Waals surface area contributed by atoms with E-state index in [-0.39, 0.29) is 24.3 Å². The topological polar surface area (TPSA) is 90.3 Å². The van der Waals surface area contributed by atoms with Crippen molar-refractivity contribution in [3.63, 3.8) is 0 Å². The Morgan fingerprint density at radius 3 is 2.39 bits per heavy atom. The molecule has 4 atom stereocenters. The van der Waals surface area contributed by atoms with E-state index in [1.807, 2.05) is 85.8 Å². The summed E-state index contributed by atoms with van der Waals surface area (Å²) in [7, 11) is 0. The average Bonchev–Trinajstić information content (AvgIpc) is 3.33. The molecule has 3 aromatic carbocycles. The van der Waals surface area contributed by atoms with Gasteiger partial charge >= 0.3 is 0 Å². The first-order valence-electron chi connectivity index (χ1n) is 13.0. The molecule has 2 heterocycles. The molecule has 2 amide bonds. The SMILES string of the molecule is C[C@H]1[C@H](C(C)(C)O)[C@@H](CCO)O[C@]12C(=O)N(Cc1cccc(N(C=O)c3ccccc3)c1)c1ccccc12. The van der Waals surface area contributed by atoms with Crippen LogP contribution in [-0.2, 0) is 26.5 Å². The summed E-state index contributed by atoms with van der Waals surface area (Å²) in [5.74, 6) is -0.851. The smallest absolute Gasteiger partial charge is 0.264 e. The molecule has 5 rings (SSSR count). The number of carbonyl (C=O) groups excluding carboxylic acids is 2. The third kappa shape index (κ3) is 4.21. The highest BCUT2D eigenvalue weighted by Crippen LogP contribution is 2.57. The van der Waals surface area contributed by atoms with Crippen LogP contribution in [0.5, 0.6) is 0 Å². The molecule has 0 radical (unpaired) electrons. The number of nitrogens with zero attached hydrogens (tertiary/aromatic N) is 2. The van der Waals surface area contributed by atoms with Gasteiger partial charge in [0.25, 0.3) is 5.91 Å². The molecule has 0 bridgehead atoms. The highest BCUT2D eigenvalue weighted by molar-refractivity contribution is 6.07. The second-order valence-corrected chi connectivity index (χ2v) is 10.8. The second kappa shape index (κ2) is 9.98. The zero-order valence-corrected chi connectivity index (χ0v) is 21.9. The Kier molecular flexibility index (Phi) is 6.86. The van der Waals surface area contributed by atoms with Gasteiger partial charge in [0.05, 0.1) is 23.9 Å². The highest BCUT2D eigenvalue weighted by atomic mass is 16.5. The van der Waals surface area contributed by atoms with Gasteiger partial charge in [0.15, 0.2) is 5.60 Å². The van der Waals surface area contributed by atoms with Gasteiger partial charge in [-0.05, 0) is 56.2 Å². The fourth-order valence-electron chi connectivity index (χ4n) is 6.43.